The zero-order valence-corrected chi connectivity index (χ0v) is 9.89. The van der Waals surface area contributed by atoms with Crippen LogP contribution in [0.4, 0.5) is 13.2 Å². The molecule has 2 N–H and O–H groups in total. The fourth-order valence-corrected chi connectivity index (χ4v) is 1.04. The van der Waals surface area contributed by atoms with E-state index in [0.29, 0.717) is 13.3 Å². The van der Waals surface area contributed by atoms with Crippen molar-refractivity contribution in [2.45, 2.75) is 45.3 Å². The van der Waals surface area contributed by atoms with Gasteiger partial charge in [0.15, 0.2) is 0 Å². The number of amides is 1. The molecule has 0 heterocycles. The minimum Gasteiger partial charge on any atom is -0.479 e. The molecule has 17 heavy (non-hydrogen) atoms. The van der Waals surface area contributed by atoms with Crippen LogP contribution in [-0.4, -0.2) is 28.7 Å². The van der Waals surface area contributed by atoms with Crippen molar-refractivity contribution in [1.82, 2.24) is 5.32 Å². The highest BCUT2D eigenvalue weighted by atomic mass is 19.4. The van der Waals surface area contributed by atoms with Crippen molar-refractivity contribution in [3.05, 3.63) is 0 Å². The number of carboxylic acids is 1. The van der Waals surface area contributed by atoms with Crippen molar-refractivity contribution in [3.8, 4) is 0 Å². The largest absolute Gasteiger partial charge is 0.479 e. The Kier molecular flexibility index (Phi) is 4.97. The van der Waals surface area contributed by atoms with Crippen LogP contribution in [-0.2, 0) is 9.59 Å². The summed E-state index contributed by atoms with van der Waals surface area (Å²) in [5, 5.41) is 10.1. The monoisotopic (exact) mass is 255 g/mol. The van der Waals surface area contributed by atoms with Gasteiger partial charge in [-0.15, -0.1) is 0 Å². The number of hydrogen-bond donors (Lipinski definition) is 2. The first kappa shape index (κ1) is 15.7. The zero-order chi connectivity index (χ0) is 13.9. The Labute approximate surface area is 97.2 Å². The Bertz CT molecular complexity index is 304. The van der Waals surface area contributed by atoms with E-state index in [1.165, 1.54) is 5.32 Å². The second-order valence-corrected chi connectivity index (χ2v) is 4.19. The predicted molar refractivity (Wildman–Crippen MR) is 54.3 cm³/mol. The van der Waals surface area contributed by atoms with E-state index >= 15 is 0 Å². The summed E-state index contributed by atoms with van der Waals surface area (Å²) in [4.78, 5) is 21.9. The van der Waals surface area contributed by atoms with E-state index in [9.17, 15) is 22.8 Å². The molecule has 0 bridgehead atoms. The maximum atomic E-state index is 12.5. The van der Waals surface area contributed by atoms with E-state index < -0.39 is 23.6 Å². The third-order valence-electron chi connectivity index (χ3n) is 2.61. The van der Waals surface area contributed by atoms with E-state index in [1.54, 1.807) is 13.8 Å². The molecule has 100 valence electrons. The molecule has 0 aromatic rings. The van der Waals surface area contributed by atoms with Crippen LogP contribution < -0.4 is 5.32 Å². The quantitative estimate of drug-likeness (QED) is 0.789. The van der Waals surface area contributed by atoms with Gasteiger partial charge in [-0.2, -0.15) is 13.2 Å². The fraction of sp³-hybridized carbons (Fsp3) is 0.800. The third kappa shape index (κ3) is 3.90. The van der Waals surface area contributed by atoms with Gasteiger partial charge < -0.3 is 10.4 Å². The molecule has 7 heteroatoms. The van der Waals surface area contributed by atoms with Crippen LogP contribution in [0.2, 0.25) is 0 Å². The number of nitrogens with one attached hydrogen (secondary N) is 1. The van der Waals surface area contributed by atoms with Gasteiger partial charge in [-0.1, -0.05) is 20.3 Å². The summed E-state index contributed by atoms with van der Waals surface area (Å²) in [6.07, 6.45) is -4.54. The van der Waals surface area contributed by atoms with Crippen molar-refractivity contribution in [2.24, 2.45) is 5.92 Å². The summed E-state index contributed by atoms with van der Waals surface area (Å²) in [5.41, 5.74) is -3.24. The predicted octanol–water partition coefficient (Wildman–Crippen LogP) is 1.94. The molecule has 0 saturated carbocycles. The van der Waals surface area contributed by atoms with Gasteiger partial charge in [0, 0.05) is 6.42 Å². The molecule has 0 fully saturated rings. The van der Waals surface area contributed by atoms with Gasteiger partial charge in [0.05, 0.1) is 0 Å². The van der Waals surface area contributed by atoms with E-state index in [1.807, 2.05) is 0 Å². The Morgan fingerprint density at radius 2 is 1.82 bits per heavy atom. The summed E-state index contributed by atoms with van der Waals surface area (Å²) in [5.74, 6) is -3.13. The van der Waals surface area contributed by atoms with Crippen LogP contribution in [0.25, 0.3) is 0 Å². The molecule has 0 aliphatic carbocycles. The molecule has 0 aliphatic rings. The minimum absolute atomic E-state index is 0.0960. The van der Waals surface area contributed by atoms with Crippen molar-refractivity contribution in [3.63, 3.8) is 0 Å². The number of hydrogen-bond acceptors (Lipinski definition) is 2. The molecule has 4 nitrogen and oxygen atoms in total. The number of alkyl halides is 3. The minimum atomic E-state index is -5.04. The standard InChI is InChI=1S/C10H16F3NO3/c1-4-6(2)5-7(15)14-9(3,8(16)17)10(11,12)13/h6H,4-5H2,1-3H3,(H,14,15)(H,16,17). The van der Waals surface area contributed by atoms with Crippen molar-refractivity contribution >= 4 is 11.9 Å². The third-order valence-corrected chi connectivity index (χ3v) is 2.61. The maximum absolute atomic E-state index is 12.5. The number of carboxylic acid groups (broad SMARTS) is 1. The molecule has 2 atom stereocenters. The lowest BCUT2D eigenvalue weighted by molar-refractivity contribution is -0.207. The molecular weight excluding hydrogens is 239 g/mol. The molecule has 2 unspecified atom stereocenters. The highest BCUT2D eigenvalue weighted by molar-refractivity contribution is 5.87. The van der Waals surface area contributed by atoms with E-state index in [0.717, 1.165) is 0 Å². The van der Waals surface area contributed by atoms with Crippen molar-refractivity contribution in [2.75, 3.05) is 0 Å². The summed E-state index contributed by atoms with van der Waals surface area (Å²) < 4.78 is 37.6. The van der Waals surface area contributed by atoms with Gasteiger partial charge in [0.1, 0.15) is 0 Å². The van der Waals surface area contributed by atoms with Crippen LogP contribution in [0.5, 0.6) is 0 Å². The summed E-state index contributed by atoms with van der Waals surface area (Å²) in [6, 6.07) is 0. The van der Waals surface area contributed by atoms with Crippen molar-refractivity contribution in [1.29, 1.82) is 0 Å². The molecule has 0 radical (unpaired) electrons. The number of halogens is 3. The number of aliphatic carboxylic acids is 1. The van der Waals surface area contributed by atoms with Gasteiger partial charge in [-0.3, -0.25) is 4.79 Å². The lowest BCUT2D eigenvalue weighted by Crippen LogP contribution is -2.62. The number of rotatable bonds is 5. The van der Waals surface area contributed by atoms with E-state index in [-0.39, 0.29) is 12.3 Å². The number of carbonyl (C=O) groups is 2. The smallest absolute Gasteiger partial charge is 0.422 e. The molecule has 0 rings (SSSR count). The molecular formula is C10H16F3NO3. The van der Waals surface area contributed by atoms with Crippen LogP contribution in [0.1, 0.15) is 33.6 Å². The van der Waals surface area contributed by atoms with Gasteiger partial charge in [0.2, 0.25) is 11.4 Å². The van der Waals surface area contributed by atoms with Crippen molar-refractivity contribution < 1.29 is 27.9 Å². The lowest BCUT2D eigenvalue weighted by Gasteiger charge is -2.28. The van der Waals surface area contributed by atoms with Crippen LogP contribution in [0, 0.1) is 5.92 Å². The first-order valence-electron chi connectivity index (χ1n) is 5.15. The molecule has 0 spiro atoms. The van der Waals surface area contributed by atoms with Crippen LogP contribution in [0.15, 0.2) is 0 Å². The molecule has 0 aromatic heterocycles. The van der Waals surface area contributed by atoms with E-state index in [2.05, 4.69) is 0 Å². The topological polar surface area (TPSA) is 66.4 Å². The van der Waals surface area contributed by atoms with E-state index in [4.69, 9.17) is 5.11 Å². The Morgan fingerprint density at radius 3 is 2.12 bits per heavy atom. The summed E-state index contributed by atoms with van der Waals surface area (Å²) in [6.45, 7) is 3.92. The van der Waals surface area contributed by atoms with Gasteiger partial charge >= 0.3 is 12.1 Å². The second-order valence-electron chi connectivity index (χ2n) is 4.19. The Hall–Kier alpha value is -1.27. The van der Waals surface area contributed by atoms with Gasteiger partial charge in [0.25, 0.3) is 0 Å². The highest BCUT2D eigenvalue weighted by Gasteiger charge is 2.58. The van der Waals surface area contributed by atoms with Gasteiger partial charge in [-0.05, 0) is 12.8 Å². The Morgan fingerprint density at radius 1 is 1.35 bits per heavy atom. The van der Waals surface area contributed by atoms with Crippen LogP contribution in [0.3, 0.4) is 0 Å². The van der Waals surface area contributed by atoms with Crippen LogP contribution >= 0.6 is 0 Å². The summed E-state index contributed by atoms with van der Waals surface area (Å²) >= 11 is 0. The molecule has 0 saturated heterocycles. The molecule has 0 aromatic carbocycles. The first-order valence-corrected chi connectivity index (χ1v) is 5.15. The average molecular weight is 255 g/mol. The molecule has 1 amide bonds. The highest BCUT2D eigenvalue weighted by Crippen LogP contribution is 2.30. The zero-order valence-electron chi connectivity index (χ0n) is 9.89. The Balaban J connectivity index is 4.80. The average Bonchev–Trinajstić information content (AvgIpc) is 2.14. The lowest BCUT2D eigenvalue weighted by atomic mass is 9.99. The normalized spacial score (nSPS) is 17.1. The number of carbonyl (C=O) groups excluding carboxylic acids is 1. The second kappa shape index (κ2) is 5.37. The maximum Gasteiger partial charge on any atom is 0.422 e. The summed E-state index contributed by atoms with van der Waals surface area (Å²) in [7, 11) is 0. The first-order chi connectivity index (χ1) is 7.54. The molecule has 0 aliphatic heterocycles. The SMILES string of the molecule is CCC(C)CC(=O)NC(C)(C(=O)O)C(F)(F)F. The van der Waals surface area contributed by atoms with Gasteiger partial charge in [-0.25, -0.2) is 4.79 Å². The fourth-order valence-electron chi connectivity index (χ4n) is 1.04.